The molecule has 0 fully saturated rings. The Morgan fingerprint density at radius 1 is 0.968 bits per heavy atom. The molecule has 4 aromatic rings. The highest BCUT2D eigenvalue weighted by molar-refractivity contribution is 7.22. The first-order valence-electron chi connectivity index (χ1n) is 10.5. The molecule has 4 rings (SSSR count). The molecule has 158 valence electrons. The van der Waals surface area contributed by atoms with Gasteiger partial charge in [0.25, 0.3) is 0 Å². The summed E-state index contributed by atoms with van der Waals surface area (Å²) in [5.74, 6) is 0.0362. The fourth-order valence-corrected chi connectivity index (χ4v) is 5.02. The summed E-state index contributed by atoms with van der Waals surface area (Å²) in [4.78, 5) is 24.7. The molecular weight excluding hydrogens is 402 g/mol. The van der Waals surface area contributed by atoms with Crippen molar-refractivity contribution in [2.45, 2.75) is 47.6 Å². The van der Waals surface area contributed by atoms with Gasteiger partial charge in [-0.05, 0) is 80.6 Å². The highest BCUT2D eigenvalue weighted by atomic mass is 32.1. The third-order valence-corrected chi connectivity index (χ3v) is 6.86. The van der Waals surface area contributed by atoms with Gasteiger partial charge in [-0.2, -0.15) is 0 Å². The molecule has 0 unspecified atom stereocenters. The fourth-order valence-electron chi connectivity index (χ4n) is 3.98. The number of hydrogen-bond donors (Lipinski definition) is 0. The number of amides is 1. The molecule has 0 N–H and O–H groups in total. The van der Waals surface area contributed by atoms with Crippen molar-refractivity contribution in [3.8, 4) is 0 Å². The van der Waals surface area contributed by atoms with Crippen molar-refractivity contribution < 1.29 is 4.79 Å². The van der Waals surface area contributed by atoms with Gasteiger partial charge in [-0.1, -0.05) is 41.2 Å². The zero-order chi connectivity index (χ0) is 22.1. The van der Waals surface area contributed by atoms with Gasteiger partial charge in [0.05, 0.1) is 28.9 Å². The summed E-state index contributed by atoms with van der Waals surface area (Å²) in [6.45, 7) is 10.8. The second kappa shape index (κ2) is 8.60. The summed E-state index contributed by atoms with van der Waals surface area (Å²) < 4.78 is 1.10. The highest BCUT2D eigenvalue weighted by Gasteiger charge is 2.23. The van der Waals surface area contributed by atoms with Crippen LogP contribution in [0.2, 0.25) is 0 Å². The zero-order valence-electron chi connectivity index (χ0n) is 18.7. The van der Waals surface area contributed by atoms with Crippen LogP contribution in [0.15, 0.2) is 48.7 Å². The van der Waals surface area contributed by atoms with Crippen LogP contribution in [0.4, 0.5) is 5.13 Å². The molecule has 1 amide bonds. The Kier molecular flexibility index (Phi) is 5.88. The molecule has 0 bridgehead atoms. The predicted octanol–water partition coefficient (Wildman–Crippen LogP) is 6.01. The minimum Gasteiger partial charge on any atom is -0.282 e. The largest absolute Gasteiger partial charge is 0.282 e. The van der Waals surface area contributed by atoms with Crippen LogP contribution in [-0.2, 0) is 17.8 Å². The molecule has 0 aliphatic rings. The van der Waals surface area contributed by atoms with E-state index in [1.165, 1.54) is 11.1 Å². The summed E-state index contributed by atoms with van der Waals surface area (Å²) in [6, 6.07) is 14.3. The lowest BCUT2D eigenvalue weighted by molar-refractivity contribution is -0.118. The van der Waals surface area contributed by atoms with E-state index in [1.54, 1.807) is 22.4 Å². The van der Waals surface area contributed by atoms with Gasteiger partial charge in [0.2, 0.25) is 5.91 Å². The summed E-state index contributed by atoms with van der Waals surface area (Å²) >= 11 is 1.56. The van der Waals surface area contributed by atoms with Crippen LogP contribution >= 0.6 is 11.3 Å². The molecule has 0 saturated heterocycles. The number of carbonyl (C=O) groups is 1. The van der Waals surface area contributed by atoms with Gasteiger partial charge in [0, 0.05) is 6.20 Å². The van der Waals surface area contributed by atoms with Gasteiger partial charge < -0.3 is 0 Å². The molecule has 2 aromatic carbocycles. The third kappa shape index (κ3) is 4.37. The van der Waals surface area contributed by atoms with Gasteiger partial charge in [-0.15, -0.1) is 0 Å². The maximum absolute atomic E-state index is 13.6. The Balaban J connectivity index is 1.74. The first-order chi connectivity index (χ1) is 14.8. The molecule has 4 nitrogen and oxygen atoms in total. The molecule has 0 radical (unpaired) electrons. The van der Waals surface area contributed by atoms with Crippen molar-refractivity contribution in [1.82, 2.24) is 9.97 Å². The second-order valence-corrected chi connectivity index (χ2v) is 9.21. The van der Waals surface area contributed by atoms with Crippen molar-refractivity contribution in [2.75, 3.05) is 4.90 Å². The van der Waals surface area contributed by atoms with Crippen molar-refractivity contribution >= 4 is 32.6 Å². The number of benzene rings is 2. The molecule has 2 heterocycles. The lowest BCUT2D eigenvalue weighted by Gasteiger charge is -2.21. The minimum absolute atomic E-state index is 0.0362. The Morgan fingerprint density at radius 2 is 1.71 bits per heavy atom. The average Bonchev–Trinajstić information content (AvgIpc) is 3.17. The SMILES string of the molecule is Cc1cc(C)c(CC(=O)N(Cc2ccccn2)c2nc3c(C)c(C)ccc3s2)c(C)c1. The van der Waals surface area contributed by atoms with Crippen LogP contribution in [0, 0.1) is 34.6 Å². The van der Waals surface area contributed by atoms with E-state index < -0.39 is 0 Å². The molecule has 0 aliphatic heterocycles. The third-order valence-electron chi connectivity index (χ3n) is 5.82. The van der Waals surface area contributed by atoms with Gasteiger partial charge in [-0.3, -0.25) is 14.7 Å². The Labute approximate surface area is 187 Å². The summed E-state index contributed by atoms with van der Waals surface area (Å²) in [5, 5.41) is 0.724. The molecule has 5 heteroatoms. The number of nitrogens with zero attached hydrogens (tertiary/aromatic N) is 3. The van der Waals surface area contributed by atoms with Crippen molar-refractivity contribution in [1.29, 1.82) is 0 Å². The standard InChI is InChI=1S/C26H27N3OS/c1-16-12-18(3)22(19(4)13-16)14-24(30)29(15-21-8-6-7-11-27-21)26-28-25-20(5)17(2)9-10-23(25)31-26/h6-13H,14-15H2,1-5H3. The fraction of sp³-hybridized carbons (Fsp3) is 0.269. The van der Waals surface area contributed by atoms with Gasteiger partial charge in [-0.25, -0.2) is 4.98 Å². The number of hydrogen-bond acceptors (Lipinski definition) is 4. The molecule has 0 atom stereocenters. The number of rotatable bonds is 5. The lowest BCUT2D eigenvalue weighted by atomic mass is 9.97. The van der Waals surface area contributed by atoms with Crippen LogP contribution in [0.1, 0.15) is 39.1 Å². The number of anilines is 1. The van der Waals surface area contributed by atoms with Crippen molar-refractivity contribution in [2.24, 2.45) is 0 Å². The highest BCUT2D eigenvalue weighted by Crippen LogP contribution is 2.33. The molecule has 31 heavy (non-hydrogen) atoms. The number of thiazole rings is 1. The van der Waals surface area contributed by atoms with E-state index in [4.69, 9.17) is 4.98 Å². The van der Waals surface area contributed by atoms with E-state index in [0.717, 1.165) is 43.3 Å². The zero-order valence-corrected chi connectivity index (χ0v) is 19.5. The number of aryl methyl sites for hydroxylation is 5. The molecule has 0 spiro atoms. The summed E-state index contributed by atoms with van der Waals surface area (Å²) in [5.41, 5.74) is 8.80. The lowest BCUT2D eigenvalue weighted by Crippen LogP contribution is -2.32. The maximum Gasteiger partial charge on any atom is 0.233 e. The number of aromatic nitrogens is 2. The first kappa shape index (κ1) is 21.2. The van der Waals surface area contributed by atoms with Gasteiger partial charge in [0.1, 0.15) is 0 Å². The number of carbonyl (C=O) groups excluding carboxylic acids is 1. The smallest absolute Gasteiger partial charge is 0.233 e. The number of pyridine rings is 1. The Bertz CT molecular complexity index is 1240. The summed E-state index contributed by atoms with van der Waals surface area (Å²) in [6.07, 6.45) is 2.11. The van der Waals surface area contributed by atoms with Crippen LogP contribution in [0.25, 0.3) is 10.2 Å². The summed E-state index contributed by atoms with van der Waals surface area (Å²) in [7, 11) is 0. The molecular formula is C26H27N3OS. The van der Waals surface area contributed by atoms with Crippen molar-refractivity contribution in [3.63, 3.8) is 0 Å². The van der Waals surface area contributed by atoms with Crippen molar-refractivity contribution in [3.05, 3.63) is 87.7 Å². The van der Waals surface area contributed by atoms with E-state index in [-0.39, 0.29) is 5.91 Å². The van der Waals surface area contributed by atoms with Crippen LogP contribution in [0.3, 0.4) is 0 Å². The first-order valence-corrected chi connectivity index (χ1v) is 11.3. The van der Waals surface area contributed by atoms with Gasteiger partial charge in [0.15, 0.2) is 5.13 Å². The predicted molar refractivity (Wildman–Crippen MR) is 129 cm³/mol. The normalized spacial score (nSPS) is 11.1. The molecule has 0 saturated carbocycles. The van der Waals surface area contributed by atoms with E-state index >= 15 is 0 Å². The van der Waals surface area contributed by atoms with E-state index in [1.807, 2.05) is 18.2 Å². The molecule has 2 aromatic heterocycles. The average molecular weight is 430 g/mol. The van der Waals surface area contributed by atoms with Crippen LogP contribution in [-0.4, -0.2) is 15.9 Å². The quantitative estimate of drug-likeness (QED) is 0.390. The molecule has 0 aliphatic carbocycles. The van der Waals surface area contributed by atoms with E-state index in [9.17, 15) is 4.79 Å². The topological polar surface area (TPSA) is 46.1 Å². The Morgan fingerprint density at radius 3 is 2.39 bits per heavy atom. The van der Waals surface area contributed by atoms with E-state index in [0.29, 0.717) is 13.0 Å². The van der Waals surface area contributed by atoms with Gasteiger partial charge >= 0.3 is 0 Å². The monoisotopic (exact) mass is 429 g/mol. The second-order valence-electron chi connectivity index (χ2n) is 8.21. The number of fused-ring (bicyclic) bond motifs is 1. The van der Waals surface area contributed by atoms with E-state index in [2.05, 4.69) is 63.9 Å². The maximum atomic E-state index is 13.6. The minimum atomic E-state index is 0.0362. The van der Waals surface area contributed by atoms with Crippen LogP contribution in [0.5, 0.6) is 0 Å². The Hall–Kier alpha value is -3.05. The van der Waals surface area contributed by atoms with Crippen LogP contribution < -0.4 is 4.90 Å².